The van der Waals surface area contributed by atoms with Crippen LogP contribution in [0.25, 0.3) is 11.0 Å². The topological polar surface area (TPSA) is 53.1 Å². The van der Waals surface area contributed by atoms with Crippen molar-refractivity contribution >= 4 is 17.0 Å². The van der Waals surface area contributed by atoms with Crippen molar-refractivity contribution in [1.82, 2.24) is 9.55 Å². The van der Waals surface area contributed by atoms with Gasteiger partial charge in [0.1, 0.15) is 5.75 Å². The number of aromatic nitrogens is 2. The third-order valence-electron chi connectivity index (χ3n) is 3.59. The fourth-order valence-corrected chi connectivity index (χ4v) is 1.95. The summed E-state index contributed by atoms with van der Waals surface area (Å²) in [5, 5.41) is 0. The fraction of sp³-hybridized carbons (Fsp3) is 0.500. The summed E-state index contributed by atoms with van der Waals surface area (Å²) >= 11 is 0. The Kier molecular flexibility index (Phi) is 3.45. The molecule has 1 atom stereocenters. The smallest absolute Gasteiger partial charge is 0.201 e. The van der Waals surface area contributed by atoms with E-state index >= 15 is 0 Å². The van der Waals surface area contributed by atoms with Crippen LogP contribution in [0, 0.1) is 11.8 Å². The van der Waals surface area contributed by atoms with Crippen LogP contribution >= 0.6 is 0 Å². The second kappa shape index (κ2) is 4.88. The van der Waals surface area contributed by atoms with Crippen LogP contribution in [-0.2, 0) is 6.54 Å². The summed E-state index contributed by atoms with van der Waals surface area (Å²) < 4.78 is 7.28. The average Bonchev–Trinajstić information content (AvgIpc) is 2.64. The Labute approximate surface area is 108 Å². The molecule has 0 saturated heterocycles. The van der Waals surface area contributed by atoms with E-state index in [1.807, 2.05) is 18.2 Å². The van der Waals surface area contributed by atoms with E-state index in [-0.39, 0.29) is 0 Å². The van der Waals surface area contributed by atoms with Crippen molar-refractivity contribution < 1.29 is 4.74 Å². The van der Waals surface area contributed by atoms with Crippen LogP contribution in [0.5, 0.6) is 5.75 Å². The Morgan fingerprint density at radius 1 is 1.33 bits per heavy atom. The van der Waals surface area contributed by atoms with E-state index in [2.05, 4.69) is 30.3 Å². The third-order valence-corrected chi connectivity index (χ3v) is 3.59. The van der Waals surface area contributed by atoms with Crippen LogP contribution in [0.4, 0.5) is 5.95 Å². The zero-order chi connectivity index (χ0) is 13.3. The molecule has 1 unspecified atom stereocenters. The van der Waals surface area contributed by atoms with Crippen molar-refractivity contribution in [2.45, 2.75) is 27.3 Å². The SMILES string of the molecule is COc1ccc2c(c1)nc(N)n2CC(C)C(C)C. The zero-order valence-electron chi connectivity index (χ0n) is 11.5. The molecule has 0 fully saturated rings. The molecule has 0 saturated carbocycles. The molecule has 0 amide bonds. The molecule has 2 aromatic rings. The van der Waals surface area contributed by atoms with Gasteiger partial charge in [-0.25, -0.2) is 4.98 Å². The summed E-state index contributed by atoms with van der Waals surface area (Å²) in [5.74, 6) is 2.57. The summed E-state index contributed by atoms with van der Waals surface area (Å²) in [5.41, 5.74) is 7.97. The standard InChI is InChI=1S/C14H21N3O/c1-9(2)10(3)8-17-13-6-5-11(18-4)7-12(13)16-14(17)15/h5-7,9-10H,8H2,1-4H3,(H2,15,16). The molecule has 1 heterocycles. The molecule has 98 valence electrons. The van der Waals surface area contributed by atoms with Gasteiger partial charge in [0.2, 0.25) is 5.95 Å². The maximum atomic E-state index is 6.00. The van der Waals surface area contributed by atoms with Gasteiger partial charge >= 0.3 is 0 Å². The number of nitrogens with two attached hydrogens (primary N) is 1. The van der Waals surface area contributed by atoms with Gasteiger partial charge in [-0.1, -0.05) is 20.8 Å². The van der Waals surface area contributed by atoms with E-state index in [1.165, 1.54) is 0 Å². The maximum Gasteiger partial charge on any atom is 0.201 e. The molecular formula is C14H21N3O. The highest BCUT2D eigenvalue weighted by atomic mass is 16.5. The molecule has 4 heteroatoms. The monoisotopic (exact) mass is 247 g/mol. The lowest BCUT2D eigenvalue weighted by atomic mass is 9.98. The number of fused-ring (bicyclic) bond motifs is 1. The van der Waals surface area contributed by atoms with Crippen molar-refractivity contribution in [2.24, 2.45) is 11.8 Å². The number of benzene rings is 1. The zero-order valence-corrected chi connectivity index (χ0v) is 11.5. The van der Waals surface area contributed by atoms with Gasteiger partial charge in [-0.05, 0) is 24.0 Å². The Hall–Kier alpha value is -1.71. The number of hydrogen-bond acceptors (Lipinski definition) is 3. The molecular weight excluding hydrogens is 226 g/mol. The lowest BCUT2D eigenvalue weighted by Gasteiger charge is -2.17. The molecule has 2 rings (SSSR count). The highest BCUT2D eigenvalue weighted by Gasteiger charge is 2.14. The lowest BCUT2D eigenvalue weighted by molar-refractivity contribution is 0.371. The number of nitrogen functional groups attached to an aromatic ring is 1. The van der Waals surface area contributed by atoms with Gasteiger partial charge in [-0.15, -0.1) is 0 Å². The fourth-order valence-electron chi connectivity index (χ4n) is 1.95. The minimum Gasteiger partial charge on any atom is -0.497 e. The van der Waals surface area contributed by atoms with Gasteiger partial charge in [0, 0.05) is 12.6 Å². The van der Waals surface area contributed by atoms with Gasteiger partial charge in [0.25, 0.3) is 0 Å². The summed E-state index contributed by atoms with van der Waals surface area (Å²) in [6, 6.07) is 5.88. The van der Waals surface area contributed by atoms with Crippen molar-refractivity contribution in [1.29, 1.82) is 0 Å². The summed E-state index contributed by atoms with van der Waals surface area (Å²) in [7, 11) is 1.66. The predicted octanol–water partition coefficient (Wildman–Crippen LogP) is 2.92. The number of rotatable bonds is 4. The summed E-state index contributed by atoms with van der Waals surface area (Å²) in [6.07, 6.45) is 0. The van der Waals surface area contributed by atoms with Gasteiger partial charge in [0.05, 0.1) is 18.1 Å². The molecule has 1 aromatic carbocycles. The van der Waals surface area contributed by atoms with E-state index in [0.717, 1.165) is 23.3 Å². The first-order valence-corrected chi connectivity index (χ1v) is 6.32. The van der Waals surface area contributed by atoms with Gasteiger partial charge in [0.15, 0.2) is 0 Å². The Balaban J connectivity index is 2.41. The Bertz CT molecular complexity index is 545. The highest BCUT2D eigenvalue weighted by molar-refractivity contribution is 5.79. The molecule has 18 heavy (non-hydrogen) atoms. The van der Waals surface area contributed by atoms with Gasteiger partial charge < -0.3 is 15.0 Å². The first-order valence-electron chi connectivity index (χ1n) is 6.32. The predicted molar refractivity (Wildman–Crippen MR) is 74.7 cm³/mol. The first-order chi connectivity index (χ1) is 8.52. The van der Waals surface area contributed by atoms with Crippen molar-refractivity contribution in [3.05, 3.63) is 18.2 Å². The van der Waals surface area contributed by atoms with E-state index in [4.69, 9.17) is 10.5 Å². The number of ether oxygens (including phenoxy) is 1. The minimum atomic E-state index is 0.562. The second-order valence-electron chi connectivity index (χ2n) is 5.16. The van der Waals surface area contributed by atoms with E-state index in [1.54, 1.807) is 7.11 Å². The van der Waals surface area contributed by atoms with Crippen LogP contribution in [0.2, 0.25) is 0 Å². The van der Waals surface area contributed by atoms with Crippen LogP contribution in [0.3, 0.4) is 0 Å². The normalized spacial score (nSPS) is 13.2. The second-order valence-corrected chi connectivity index (χ2v) is 5.16. The molecule has 0 spiro atoms. The quantitative estimate of drug-likeness (QED) is 0.903. The third kappa shape index (κ3) is 2.28. The maximum absolute atomic E-state index is 6.00. The molecule has 0 radical (unpaired) electrons. The number of anilines is 1. The first kappa shape index (κ1) is 12.7. The lowest BCUT2D eigenvalue weighted by Crippen LogP contribution is -2.14. The molecule has 0 aliphatic heterocycles. The summed E-state index contributed by atoms with van der Waals surface area (Å²) in [6.45, 7) is 7.58. The molecule has 4 nitrogen and oxygen atoms in total. The van der Waals surface area contributed by atoms with Crippen molar-refractivity contribution in [2.75, 3.05) is 12.8 Å². The number of methoxy groups -OCH3 is 1. The Morgan fingerprint density at radius 2 is 2.06 bits per heavy atom. The van der Waals surface area contributed by atoms with Gasteiger partial charge in [-0.3, -0.25) is 0 Å². The average molecular weight is 247 g/mol. The van der Waals surface area contributed by atoms with Crippen molar-refractivity contribution in [3.8, 4) is 5.75 Å². The molecule has 0 aliphatic carbocycles. The van der Waals surface area contributed by atoms with Crippen molar-refractivity contribution in [3.63, 3.8) is 0 Å². The Morgan fingerprint density at radius 3 is 2.67 bits per heavy atom. The molecule has 2 N–H and O–H groups in total. The number of imidazole rings is 1. The molecule has 1 aromatic heterocycles. The van der Waals surface area contributed by atoms with Crippen LogP contribution in [0.15, 0.2) is 18.2 Å². The van der Waals surface area contributed by atoms with E-state index in [9.17, 15) is 0 Å². The summed E-state index contributed by atoms with van der Waals surface area (Å²) in [4.78, 5) is 4.39. The minimum absolute atomic E-state index is 0.562. The largest absolute Gasteiger partial charge is 0.497 e. The van der Waals surface area contributed by atoms with Gasteiger partial charge in [-0.2, -0.15) is 0 Å². The van der Waals surface area contributed by atoms with E-state index < -0.39 is 0 Å². The number of nitrogens with zero attached hydrogens (tertiary/aromatic N) is 2. The molecule has 0 aliphatic rings. The van der Waals surface area contributed by atoms with Crippen LogP contribution in [0.1, 0.15) is 20.8 Å². The van der Waals surface area contributed by atoms with Crippen LogP contribution < -0.4 is 10.5 Å². The van der Waals surface area contributed by atoms with Crippen LogP contribution in [-0.4, -0.2) is 16.7 Å². The number of hydrogen-bond donors (Lipinski definition) is 1. The molecule has 0 bridgehead atoms. The highest BCUT2D eigenvalue weighted by Crippen LogP contribution is 2.25. The van der Waals surface area contributed by atoms with E-state index in [0.29, 0.717) is 17.8 Å².